The van der Waals surface area contributed by atoms with Crippen LogP contribution >= 0.6 is 0 Å². The molecule has 3 aromatic carbocycles. The maximum Gasteiger partial charge on any atom is 0.247 e. The molecule has 1 N–H and O–H groups in total. The van der Waals surface area contributed by atoms with Crippen molar-refractivity contribution in [2.75, 3.05) is 18.6 Å². The number of hydrogen-bond acceptors (Lipinski definition) is 4. The molecule has 0 saturated carbocycles. The van der Waals surface area contributed by atoms with E-state index in [9.17, 15) is 9.59 Å². The highest BCUT2D eigenvalue weighted by Crippen LogP contribution is 2.54. The van der Waals surface area contributed by atoms with Gasteiger partial charge in [0, 0.05) is 6.54 Å². The van der Waals surface area contributed by atoms with Crippen LogP contribution in [-0.4, -0.2) is 25.5 Å². The molecule has 2 aliphatic heterocycles. The number of imide groups is 1. The minimum absolute atomic E-state index is 0.159. The summed E-state index contributed by atoms with van der Waals surface area (Å²) in [5.74, 6) is -0.116. The van der Waals surface area contributed by atoms with Crippen molar-refractivity contribution in [2.45, 2.75) is 11.5 Å². The molecule has 150 valence electrons. The van der Waals surface area contributed by atoms with Gasteiger partial charge in [0.1, 0.15) is 11.2 Å². The van der Waals surface area contributed by atoms with E-state index in [0.29, 0.717) is 18.0 Å². The van der Waals surface area contributed by atoms with E-state index in [0.717, 1.165) is 11.1 Å². The Hall–Kier alpha value is -3.44. The van der Waals surface area contributed by atoms with Crippen molar-refractivity contribution >= 4 is 17.5 Å². The first kappa shape index (κ1) is 18.6. The molecular weight excluding hydrogens is 376 g/mol. The summed E-state index contributed by atoms with van der Waals surface area (Å²) in [5, 5.41) is 3.48. The van der Waals surface area contributed by atoms with E-state index in [1.807, 2.05) is 84.9 Å². The maximum absolute atomic E-state index is 14.1. The second-order valence-electron chi connectivity index (χ2n) is 7.72. The normalized spacial score (nSPS) is 25.4. The van der Waals surface area contributed by atoms with Gasteiger partial charge in [0.2, 0.25) is 11.8 Å². The van der Waals surface area contributed by atoms with Crippen LogP contribution in [0.3, 0.4) is 0 Å². The van der Waals surface area contributed by atoms with Gasteiger partial charge in [-0.25, -0.2) is 4.90 Å². The quantitative estimate of drug-likeness (QED) is 0.684. The lowest BCUT2D eigenvalue weighted by Gasteiger charge is -2.33. The molecule has 2 aliphatic rings. The summed E-state index contributed by atoms with van der Waals surface area (Å²) < 4.78 is 5.31. The molecule has 0 spiro atoms. The molecular formula is C25H22N2O3. The molecule has 3 aromatic rings. The Morgan fingerprint density at radius 2 is 1.53 bits per heavy atom. The standard InChI is InChI=1S/C25H22N2O3/c1-30-20-14-12-18(13-15-20)25-21(16-26-22(25)17-8-4-2-5-9-17)23(28)27(24(25)29)19-10-6-3-7-11-19/h2-15,21-22,26H,16H2,1H3/t21-,22+,25+/m0/s1. The predicted molar refractivity (Wildman–Crippen MR) is 114 cm³/mol. The Morgan fingerprint density at radius 3 is 2.17 bits per heavy atom. The van der Waals surface area contributed by atoms with Crippen LogP contribution in [0.1, 0.15) is 17.2 Å². The Balaban J connectivity index is 1.71. The van der Waals surface area contributed by atoms with Crippen LogP contribution in [0.25, 0.3) is 0 Å². The van der Waals surface area contributed by atoms with Crippen molar-refractivity contribution in [1.82, 2.24) is 5.32 Å². The number of para-hydroxylation sites is 1. The number of ether oxygens (including phenoxy) is 1. The van der Waals surface area contributed by atoms with Crippen LogP contribution in [0.2, 0.25) is 0 Å². The Morgan fingerprint density at radius 1 is 0.900 bits per heavy atom. The zero-order chi connectivity index (χ0) is 20.7. The van der Waals surface area contributed by atoms with Gasteiger partial charge >= 0.3 is 0 Å². The smallest absolute Gasteiger partial charge is 0.247 e. The zero-order valence-corrected chi connectivity index (χ0v) is 16.6. The molecule has 0 aromatic heterocycles. The van der Waals surface area contributed by atoms with Crippen molar-refractivity contribution in [2.24, 2.45) is 5.92 Å². The Labute approximate surface area is 175 Å². The summed E-state index contributed by atoms with van der Waals surface area (Å²) in [6, 6.07) is 26.3. The fourth-order valence-corrected chi connectivity index (χ4v) is 4.96. The highest BCUT2D eigenvalue weighted by atomic mass is 16.5. The summed E-state index contributed by atoms with van der Waals surface area (Å²) in [6.45, 7) is 0.444. The number of carbonyl (C=O) groups is 2. The average Bonchev–Trinajstić information content (AvgIpc) is 3.30. The van der Waals surface area contributed by atoms with Crippen LogP contribution < -0.4 is 15.0 Å². The van der Waals surface area contributed by atoms with Gasteiger partial charge in [-0.3, -0.25) is 9.59 Å². The summed E-state index contributed by atoms with van der Waals surface area (Å²) in [6.07, 6.45) is 0. The molecule has 0 bridgehead atoms. The minimum Gasteiger partial charge on any atom is -0.497 e. The number of nitrogens with zero attached hydrogens (tertiary/aromatic N) is 1. The number of fused-ring (bicyclic) bond motifs is 1. The molecule has 5 rings (SSSR count). The third-order valence-corrected chi connectivity index (χ3v) is 6.32. The summed E-state index contributed by atoms with van der Waals surface area (Å²) in [5.41, 5.74) is 1.41. The van der Waals surface area contributed by atoms with E-state index in [4.69, 9.17) is 4.74 Å². The number of methoxy groups -OCH3 is 1. The van der Waals surface area contributed by atoms with E-state index in [1.54, 1.807) is 7.11 Å². The van der Waals surface area contributed by atoms with Crippen molar-refractivity contribution in [3.05, 3.63) is 96.1 Å². The fourth-order valence-electron chi connectivity index (χ4n) is 4.96. The van der Waals surface area contributed by atoms with E-state index in [-0.39, 0.29) is 17.9 Å². The lowest BCUT2D eigenvalue weighted by molar-refractivity contribution is -0.123. The van der Waals surface area contributed by atoms with E-state index in [2.05, 4.69) is 5.32 Å². The molecule has 2 fully saturated rings. The number of rotatable bonds is 4. The van der Waals surface area contributed by atoms with Crippen LogP contribution in [0.5, 0.6) is 5.75 Å². The van der Waals surface area contributed by atoms with Crippen LogP contribution in [0.4, 0.5) is 5.69 Å². The zero-order valence-electron chi connectivity index (χ0n) is 16.6. The highest BCUT2D eigenvalue weighted by Gasteiger charge is 2.67. The van der Waals surface area contributed by atoms with Crippen molar-refractivity contribution < 1.29 is 14.3 Å². The first-order valence-electron chi connectivity index (χ1n) is 10.0. The van der Waals surface area contributed by atoms with Crippen molar-refractivity contribution in [3.8, 4) is 5.75 Å². The van der Waals surface area contributed by atoms with Crippen molar-refractivity contribution in [1.29, 1.82) is 0 Å². The molecule has 30 heavy (non-hydrogen) atoms. The van der Waals surface area contributed by atoms with Gasteiger partial charge in [-0.05, 0) is 35.4 Å². The van der Waals surface area contributed by atoms with Gasteiger partial charge in [0.25, 0.3) is 0 Å². The Kier molecular flexibility index (Phi) is 4.40. The maximum atomic E-state index is 14.1. The molecule has 2 heterocycles. The van der Waals surface area contributed by atoms with Gasteiger partial charge in [-0.2, -0.15) is 0 Å². The van der Waals surface area contributed by atoms with Gasteiger partial charge in [0.15, 0.2) is 0 Å². The molecule has 2 amide bonds. The fraction of sp³-hybridized carbons (Fsp3) is 0.200. The highest BCUT2D eigenvalue weighted by molar-refractivity contribution is 6.26. The average molecular weight is 398 g/mol. The minimum atomic E-state index is -1.01. The third-order valence-electron chi connectivity index (χ3n) is 6.32. The SMILES string of the molecule is COc1ccc([C@@]23C(=O)N(c4ccccc4)C(=O)[C@@H]2CN[C@@H]3c2ccccc2)cc1. The summed E-state index contributed by atoms with van der Waals surface area (Å²) in [4.78, 5) is 29.0. The van der Waals surface area contributed by atoms with E-state index in [1.165, 1.54) is 4.90 Å². The van der Waals surface area contributed by atoms with E-state index < -0.39 is 11.3 Å². The van der Waals surface area contributed by atoms with Gasteiger partial charge in [-0.15, -0.1) is 0 Å². The lowest BCUT2D eigenvalue weighted by Crippen LogP contribution is -2.45. The van der Waals surface area contributed by atoms with Crippen molar-refractivity contribution in [3.63, 3.8) is 0 Å². The number of nitrogens with one attached hydrogen (secondary N) is 1. The molecule has 0 unspecified atom stereocenters. The Bertz CT molecular complexity index is 1080. The first-order valence-corrected chi connectivity index (χ1v) is 10.0. The second kappa shape index (κ2) is 7.11. The number of carbonyl (C=O) groups excluding carboxylic acids is 2. The molecule has 0 radical (unpaired) electrons. The topological polar surface area (TPSA) is 58.6 Å². The predicted octanol–water partition coefficient (Wildman–Crippen LogP) is 3.47. The second-order valence-corrected chi connectivity index (χ2v) is 7.72. The van der Waals surface area contributed by atoms with Gasteiger partial charge < -0.3 is 10.1 Å². The van der Waals surface area contributed by atoms with E-state index >= 15 is 0 Å². The third kappa shape index (κ3) is 2.52. The molecule has 5 nitrogen and oxygen atoms in total. The molecule has 0 aliphatic carbocycles. The monoisotopic (exact) mass is 398 g/mol. The first-order chi connectivity index (χ1) is 14.7. The summed E-state index contributed by atoms with van der Waals surface area (Å²) in [7, 11) is 1.61. The molecule has 3 atom stereocenters. The number of anilines is 1. The van der Waals surface area contributed by atoms with Gasteiger partial charge in [0.05, 0.1) is 24.8 Å². The largest absolute Gasteiger partial charge is 0.497 e. The van der Waals surface area contributed by atoms with Crippen LogP contribution in [0.15, 0.2) is 84.9 Å². The van der Waals surface area contributed by atoms with Crippen LogP contribution in [0, 0.1) is 5.92 Å². The number of amides is 2. The number of benzene rings is 3. The molecule has 2 saturated heterocycles. The van der Waals surface area contributed by atoms with Crippen LogP contribution in [-0.2, 0) is 15.0 Å². The number of hydrogen-bond donors (Lipinski definition) is 1. The lowest BCUT2D eigenvalue weighted by atomic mass is 9.67. The molecule has 5 heteroatoms. The van der Waals surface area contributed by atoms with Gasteiger partial charge in [-0.1, -0.05) is 60.7 Å². The summed E-state index contributed by atoms with van der Waals surface area (Å²) >= 11 is 0.